The highest BCUT2D eigenvalue weighted by atomic mass is 79.9. The molecule has 2 fully saturated rings. The Labute approximate surface area is 146 Å². The summed E-state index contributed by atoms with van der Waals surface area (Å²) >= 11 is 14.9. The molecule has 0 unspecified atom stereocenters. The molecule has 0 bridgehead atoms. The van der Waals surface area contributed by atoms with Crippen LogP contribution in [0.5, 0.6) is 0 Å². The van der Waals surface area contributed by atoms with Crippen LogP contribution in [0.4, 0.5) is 0 Å². The van der Waals surface area contributed by atoms with Gasteiger partial charge in [0.2, 0.25) is 0 Å². The highest BCUT2D eigenvalue weighted by Gasteiger charge is 2.33. The van der Waals surface area contributed by atoms with Crippen LogP contribution < -0.4 is 0 Å². The number of morpholine rings is 2. The molecule has 0 saturated carbocycles. The first kappa shape index (κ1) is 17.8. The molecule has 2 aliphatic rings. The molecule has 22 heavy (non-hydrogen) atoms. The van der Waals surface area contributed by atoms with Crippen molar-refractivity contribution < 1.29 is 14.4 Å². The van der Waals surface area contributed by atoms with Gasteiger partial charge in [-0.1, -0.05) is 23.2 Å². The summed E-state index contributed by atoms with van der Waals surface area (Å²) in [4.78, 5) is 14.9. The van der Waals surface area contributed by atoms with Crippen LogP contribution in [-0.4, -0.2) is 67.3 Å². The molecule has 0 amide bonds. The second-order valence-electron chi connectivity index (χ2n) is 4.70. The number of rotatable bonds is 4. The maximum absolute atomic E-state index is 11.6. The fourth-order valence-corrected chi connectivity index (χ4v) is 2.83. The first-order chi connectivity index (χ1) is 10.5. The smallest absolute Gasteiger partial charge is 0.329 e. The van der Waals surface area contributed by atoms with Gasteiger partial charge in [0.1, 0.15) is 8.97 Å². The van der Waals surface area contributed by atoms with Crippen molar-refractivity contribution in [3.05, 3.63) is 30.6 Å². The van der Waals surface area contributed by atoms with Crippen molar-refractivity contribution in [3.63, 3.8) is 0 Å². The fraction of sp³-hybridized carbons (Fsp3) is 0.667. The van der Waals surface area contributed by atoms with E-state index in [1.54, 1.807) is 0 Å². The lowest BCUT2D eigenvalue weighted by Crippen LogP contribution is -2.47. The average molecular weight is 417 g/mol. The van der Waals surface area contributed by atoms with Gasteiger partial charge < -0.3 is 19.3 Å². The molecule has 2 rings (SSSR count). The predicted octanol–water partition coefficient (Wildman–Crippen LogP) is 2.14. The minimum Gasteiger partial charge on any atom is -0.378 e. The van der Waals surface area contributed by atoms with Crippen molar-refractivity contribution in [1.29, 1.82) is 0 Å². The van der Waals surface area contributed by atoms with Crippen molar-refractivity contribution in [2.24, 2.45) is 0 Å². The summed E-state index contributed by atoms with van der Waals surface area (Å²) in [5, 5.41) is 11.5. The third-order valence-corrected chi connectivity index (χ3v) is 4.67. The number of nitrogens with zero attached hydrogens (tertiary/aromatic N) is 3. The van der Waals surface area contributed by atoms with Gasteiger partial charge in [-0.2, -0.15) is 0 Å². The van der Waals surface area contributed by atoms with Gasteiger partial charge in [0, 0.05) is 26.2 Å². The molecule has 124 valence electrons. The highest BCUT2D eigenvalue weighted by molar-refractivity contribution is 9.12. The Morgan fingerprint density at radius 1 is 1.00 bits per heavy atom. The van der Waals surface area contributed by atoms with Crippen LogP contribution in [0.3, 0.4) is 0 Å². The molecule has 0 aromatic carbocycles. The van der Waals surface area contributed by atoms with Gasteiger partial charge in [-0.25, -0.2) is 0 Å². The van der Waals surface area contributed by atoms with Gasteiger partial charge in [0.15, 0.2) is 5.82 Å². The SMILES string of the molecule is O=[N+]([O-])C(=C(N1CCOCC1)N1CCOCC1)/C(Cl)=C(/Cl)Br. The van der Waals surface area contributed by atoms with Crippen molar-refractivity contribution in [2.75, 3.05) is 52.6 Å². The lowest BCUT2D eigenvalue weighted by molar-refractivity contribution is -0.423. The van der Waals surface area contributed by atoms with E-state index in [4.69, 9.17) is 32.7 Å². The monoisotopic (exact) mass is 415 g/mol. The lowest BCUT2D eigenvalue weighted by Gasteiger charge is -2.38. The van der Waals surface area contributed by atoms with Crippen LogP contribution in [0.25, 0.3) is 0 Å². The standard InChI is InChI=1S/C12H16BrCl2N3O4/c13-11(15)9(14)10(18(19)20)12(16-1-5-21-6-2-16)17-3-7-22-8-4-17/h1-8H2/b11-9-. The Bertz CT molecular complexity index is 465. The number of halogens is 3. The molecule has 0 spiro atoms. The average Bonchev–Trinajstić information content (AvgIpc) is 2.53. The van der Waals surface area contributed by atoms with Crippen molar-refractivity contribution >= 4 is 39.1 Å². The van der Waals surface area contributed by atoms with Crippen molar-refractivity contribution in [3.8, 4) is 0 Å². The first-order valence-corrected chi connectivity index (χ1v) is 8.32. The first-order valence-electron chi connectivity index (χ1n) is 6.77. The van der Waals surface area contributed by atoms with E-state index in [-0.39, 0.29) is 14.7 Å². The van der Waals surface area contributed by atoms with E-state index in [2.05, 4.69) is 15.9 Å². The highest BCUT2D eigenvalue weighted by Crippen LogP contribution is 2.31. The summed E-state index contributed by atoms with van der Waals surface area (Å²) in [5.41, 5.74) is -0.202. The van der Waals surface area contributed by atoms with E-state index in [9.17, 15) is 10.1 Å². The maximum atomic E-state index is 11.6. The molecule has 10 heteroatoms. The molecular formula is C12H16BrCl2N3O4. The molecule has 0 N–H and O–H groups in total. The summed E-state index contributed by atoms with van der Waals surface area (Å²) in [6.07, 6.45) is 0. The minimum atomic E-state index is -0.494. The van der Waals surface area contributed by atoms with Crippen LogP contribution in [0, 0.1) is 10.1 Å². The van der Waals surface area contributed by atoms with Crippen LogP contribution in [0.15, 0.2) is 20.5 Å². The Balaban J connectivity index is 2.48. The van der Waals surface area contributed by atoms with Gasteiger partial charge in [0.05, 0.1) is 31.4 Å². The summed E-state index contributed by atoms with van der Waals surface area (Å²) in [5.74, 6) is 0.471. The minimum absolute atomic E-state index is 0.0138. The number of hydrogen-bond donors (Lipinski definition) is 0. The summed E-state index contributed by atoms with van der Waals surface area (Å²) in [6, 6.07) is 0. The van der Waals surface area contributed by atoms with Gasteiger partial charge in [-0.05, 0) is 15.9 Å². The number of ether oxygens (including phenoxy) is 2. The Hall–Kier alpha value is -0.540. The number of nitro groups is 1. The molecule has 0 aromatic rings. The van der Waals surface area contributed by atoms with Gasteiger partial charge >= 0.3 is 5.70 Å². The van der Waals surface area contributed by atoms with E-state index in [0.29, 0.717) is 58.4 Å². The Morgan fingerprint density at radius 2 is 1.41 bits per heavy atom. The molecule has 0 atom stereocenters. The normalized spacial score (nSPS) is 20.5. The van der Waals surface area contributed by atoms with E-state index >= 15 is 0 Å². The fourth-order valence-electron chi connectivity index (χ4n) is 2.40. The van der Waals surface area contributed by atoms with E-state index < -0.39 is 4.92 Å². The summed E-state index contributed by atoms with van der Waals surface area (Å²) < 4.78 is 10.7. The van der Waals surface area contributed by atoms with E-state index in [1.165, 1.54) is 0 Å². The largest absolute Gasteiger partial charge is 0.378 e. The maximum Gasteiger partial charge on any atom is 0.329 e. The Kier molecular flexibility index (Phi) is 6.76. The number of allylic oxidation sites excluding steroid dienone is 1. The molecule has 0 aliphatic carbocycles. The molecule has 0 aromatic heterocycles. The van der Waals surface area contributed by atoms with E-state index in [0.717, 1.165) is 0 Å². The second-order valence-corrected chi connectivity index (χ2v) is 6.71. The third-order valence-electron chi connectivity index (χ3n) is 3.39. The summed E-state index contributed by atoms with van der Waals surface area (Å²) in [7, 11) is 0. The van der Waals surface area contributed by atoms with Gasteiger partial charge in [-0.15, -0.1) is 0 Å². The number of hydrogen-bond acceptors (Lipinski definition) is 6. The van der Waals surface area contributed by atoms with Crippen LogP contribution in [0.1, 0.15) is 0 Å². The zero-order chi connectivity index (χ0) is 16.1. The van der Waals surface area contributed by atoms with Gasteiger partial charge in [0.25, 0.3) is 0 Å². The molecule has 2 saturated heterocycles. The second kappa shape index (κ2) is 8.35. The molecule has 0 radical (unpaired) electrons. The van der Waals surface area contributed by atoms with Crippen LogP contribution in [-0.2, 0) is 9.47 Å². The quantitative estimate of drug-likeness (QED) is 0.397. The zero-order valence-corrected chi connectivity index (χ0v) is 14.9. The van der Waals surface area contributed by atoms with E-state index in [1.807, 2.05) is 9.80 Å². The zero-order valence-electron chi connectivity index (χ0n) is 11.8. The van der Waals surface area contributed by atoms with Crippen molar-refractivity contribution in [2.45, 2.75) is 0 Å². The topological polar surface area (TPSA) is 68.1 Å². The summed E-state index contributed by atoms with van der Waals surface area (Å²) in [6.45, 7) is 4.32. The Morgan fingerprint density at radius 3 is 1.73 bits per heavy atom. The molecule has 7 nitrogen and oxygen atoms in total. The molecule has 2 aliphatic heterocycles. The molecular weight excluding hydrogens is 401 g/mol. The van der Waals surface area contributed by atoms with Crippen LogP contribution >= 0.6 is 39.1 Å². The van der Waals surface area contributed by atoms with Gasteiger partial charge in [-0.3, -0.25) is 10.1 Å². The third kappa shape index (κ3) is 4.26. The van der Waals surface area contributed by atoms with Crippen LogP contribution in [0.2, 0.25) is 0 Å². The predicted molar refractivity (Wildman–Crippen MR) is 86.5 cm³/mol. The lowest BCUT2D eigenvalue weighted by atomic mass is 10.3. The molecule has 2 heterocycles. The van der Waals surface area contributed by atoms with Crippen molar-refractivity contribution in [1.82, 2.24) is 9.80 Å².